The van der Waals surface area contributed by atoms with Crippen molar-refractivity contribution in [2.45, 2.75) is 6.18 Å². The van der Waals surface area contributed by atoms with E-state index in [0.29, 0.717) is 12.1 Å². The fraction of sp³-hybridized carbons (Fsp3) is 0.300. The maximum Gasteiger partial charge on any atom is 0.401 e. The number of hydrogen-bond donors (Lipinski definition) is 2. The number of nitrogens with one attached hydrogen (secondary N) is 2. The maximum absolute atomic E-state index is 13.4. The van der Waals surface area contributed by atoms with Crippen LogP contribution < -0.4 is 10.6 Å². The van der Waals surface area contributed by atoms with Crippen LogP contribution in [0.5, 0.6) is 0 Å². The van der Waals surface area contributed by atoms with Crippen LogP contribution in [-0.2, 0) is 4.79 Å². The van der Waals surface area contributed by atoms with Gasteiger partial charge in [-0.2, -0.15) is 13.2 Å². The lowest BCUT2D eigenvalue weighted by atomic mass is 10.2. The number of hydrogen-bond acceptors (Lipinski definition) is 4. The van der Waals surface area contributed by atoms with Crippen molar-refractivity contribution in [1.82, 2.24) is 5.32 Å². The molecular weight excluding hydrogens is 305 g/mol. The molecule has 0 spiro atoms. The molecule has 0 bridgehead atoms. The van der Waals surface area contributed by atoms with E-state index >= 15 is 0 Å². The molecule has 0 radical (unpaired) electrons. The monoisotopic (exact) mass is 313 g/mol. The van der Waals surface area contributed by atoms with Crippen molar-refractivity contribution in [1.29, 1.82) is 0 Å². The standard InChI is InChI=1S/C10H8F5N3O3/c11-5-1-2-6(18(20)21)9(8(5)12)17-7(19)3-16-4-10(13,14)15/h1-2,16H,3-4H2,(H,17,19). The number of nitro groups is 1. The van der Waals surface area contributed by atoms with Crippen molar-refractivity contribution in [2.24, 2.45) is 0 Å². The van der Waals surface area contributed by atoms with Crippen molar-refractivity contribution in [3.8, 4) is 0 Å². The number of rotatable bonds is 5. The predicted molar refractivity (Wildman–Crippen MR) is 60.6 cm³/mol. The summed E-state index contributed by atoms with van der Waals surface area (Å²) < 4.78 is 61.8. The number of carbonyl (C=O) groups is 1. The minimum atomic E-state index is -4.56. The molecule has 0 atom stereocenters. The van der Waals surface area contributed by atoms with Crippen molar-refractivity contribution < 1.29 is 31.7 Å². The van der Waals surface area contributed by atoms with E-state index < -0.39 is 53.1 Å². The van der Waals surface area contributed by atoms with E-state index in [1.165, 1.54) is 0 Å². The molecule has 6 nitrogen and oxygen atoms in total. The van der Waals surface area contributed by atoms with Crippen molar-refractivity contribution in [3.63, 3.8) is 0 Å². The van der Waals surface area contributed by atoms with Crippen LogP contribution in [0.4, 0.5) is 33.3 Å². The molecule has 11 heteroatoms. The Kier molecular flexibility index (Phi) is 5.13. The lowest BCUT2D eigenvalue weighted by molar-refractivity contribution is -0.384. The Morgan fingerprint density at radius 1 is 1.29 bits per heavy atom. The Hall–Kier alpha value is -2.30. The van der Waals surface area contributed by atoms with E-state index in [-0.39, 0.29) is 0 Å². The highest BCUT2D eigenvalue weighted by Crippen LogP contribution is 2.28. The van der Waals surface area contributed by atoms with Gasteiger partial charge in [0.15, 0.2) is 17.3 Å². The van der Waals surface area contributed by atoms with Crippen molar-refractivity contribution in [3.05, 3.63) is 33.9 Å². The highest BCUT2D eigenvalue weighted by molar-refractivity contribution is 5.94. The highest BCUT2D eigenvalue weighted by Gasteiger charge is 2.27. The van der Waals surface area contributed by atoms with Gasteiger partial charge in [-0.1, -0.05) is 0 Å². The Labute approximate surface area is 114 Å². The van der Waals surface area contributed by atoms with Crippen LogP contribution in [0, 0.1) is 21.7 Å². The third kappa shape index (κ3) is 4.95. The quantitative estimate of drug-likeness (QED) is 0.494. The summed E-state index contributed by atoms with van der Waals surface area (Å²) in [7, 11) is 0. The van der Waals surface area contributed by atoms with Gasteiger partial charge in [0, 0.05) is 6.07 Å². The minimum Gasteiger partial charge on any atom is -0.317 e. The first kappa shape index (κ1) is 16.8. The van der Waals surface area contributed by atoms with Gasteiger partial charge in [0.25, 0.3) is 5.69 Å². The topological polar surface area (TPSA) is 84.3 Å². The number of nitro benzene ring substituents is 1. The minimum absolute atomic E-state index is 0.491. The highest BCUT2D eigenvalue weighted by atomic mass is 19.4. The molecule has 1 amide bonds. The fourth-order valence-electron chi connectivity index (χ4n) is 1.31. The van der Waals surface area contributed by atoms with Gasteiger partial charge in [-0.3, -0.25) is 14.9 Å². The van der Waals surface area contributed by atoms with E-state index in [1.807, 2.05) is 0 Å². The van der Waals surface area contributed by atoms with Crippen LogP contribution in [0.1, 0.15) is 0 Å². The Morgan fingerprint density at radius 2 is 1.90 bits per heavy atom. The molecule has 0 fully saturated rings. The van der Waals surface area contributed by atoms with Gasteiger partial charge in [0.2, 0.25) is 5.91 Å². The number of benzene rings is 1. The molecule has 0 aliphatic carbocycles. The van der Waals surface area contributed by atoms with Crippen LogP contribution in [-0.4, -0.2) is 30.1 Å². The fourth-order valence-corrected chi connectivity index (χ4v) is 1.31. The zero-order valence-corrected chi connectivity index (χ0v) is 10.1. The molecule has 21 heavy (non-hydrogen) atoms. The van der Waals surface area contributed by atoms with Crippen LogP contribution in [0.15, 0.2) is 12.1 Å². The lowest BCUT2D eigenvalue weighted by Crippen LogP contribution is -2.35. The Morgan fingerprint density at radius 3 is 2.43 bits per heavy atom. The summed E-state index contributed by atoms with van der Waals surface area (Å²) >= 11 is 0. The molecule has 0 aromatic heterocycles. The number of nitrogens with zero attached hydrogens (tertiary/aromatic N) is 1. The van der Waals surface area contributed by atoms with Gasteiger partial charge in [0.1, 0.15) is 0 Å². The van der Waals surface area contributed by atoms with Crippen LogP contribution in [0.25, 0.3) is 0 Å². The molecule has 0 saturated carbocycles. The molecular formula is C10H8F5N3O3. The predicted octanol–water partition coefficient (Wildman–Crippen LogP) is 1.96. The van der Waals surface area contributed by atoms with E-state index in [0.717, 1.165) is 0 Å². The molecule has 0 aliphatic heterocycles. The largest absolute Gasteiger partial charge is 0.401 e. The van der Waals surface area contributed by atoms with Gasteiger partial charge in [-0.25, -0.2) is 8.78 Å². The van der Waals surface area contributed by atoms with Crippen molar-refractivity contribution in [2.75, 3.05) is 18.4 Å². The van der Waals surface area contributed by atoms with Crippen LogP contribution >= 0.6 is 0 Å². The summed E-state index contributed by atoms with van der Waals surface area (Å²) in [5, 5.41) is 14.0. The molecule has 1 rings (SSSR count). The summed E-state index contributed by atoms with van der Waals surface area (Å²) in [4.78, 5) is 20.8. The molecule has 2 N–H and O–H groups in total. The SMILES string of the molecule is O=C(CNCC(F)(F)F)Nc1c([N+](=O)[O-])ccc(F)c1F. The average Bonchev–Trinajstić information content (AvgIpc) is 2.33. The first-order chi connectivity index (χ1) is 9.61. The molecule has 0 saturated heterocycles. The maximum atomic E-state index is 13.4. The molecule has 1 aromatic rings. The Balaban J connectivity index is 2.80. The van der Waals surface area contributed by atoms with Gasteiger partial charge >= 0.3 is 6.18 Å². The van der Waals surface area contributed by atoms with Crippen molar-refractivity contribution >= 4 is 17.3 Å². The summed E-state index contributed by atoms with van der Waals surface area (Å²) in [5.41, 5.74) is -1.96. The number of anilines is 1. The lowest BCUT2D eigenvalue weighted by Gasteiger charge is -2.10. The molecule has 0 heterocycles. The average molecular weight is 313 g/mol. The van der Waals surface area contributed by atoms with Crippen LogP contribution in [0.2, 0.25) is 0 Å². The first-order valence-electron chi connectivity index (χ1n) is 5.31. The number of amides is 1. The summed E-state index contributed by atoms with van der Waals surface area (Å²) in [5.74, 6) is -4.31. The molecule has 1 aromatic carbocycles. The number of halogens is 5. The third-order valence-corrected chi connectivity index (χ3v) is 2.14. The summed E-state index contributed by atoms with van der Waals surface area (Å²) in [6.45, 7) is -2.36. The van der Waals surface area contributed by atoms with E-state index in [4.69, 9.17) is 0 Å². The van der Waals surface area contributed by atoms with Gasteiger partial charge in [0.05, 0.1) is 18.0 Å². The Bertz CT molecular complexity index is 562. The summed E-state index contributed by atoms with van der Waals surface area (Å²) in [6, 6.07) is 1.11. The van der Waals surface area contributed by atoms with Gasteiger partial charge in [-0.05, 0) is 6.07 Å². The van der Waals surface area contributed by atoms with E-state index in [1.54, 1.807) is 10.6 Å². The molecule has 0 aliphatic rings. The molecule has 0 unspecified atom stereocenters. The first-order valence-corrected chi connectivity index (χ1v) is 5.31. The van der Waals surface area contributed by atoms with Gasteiger partial charge < -0.3 is 10.6 Å². The second kappa shape index (κ2) is 6.43. The van der Waals surface area contributed by atoms with Gasteiger partial charge in [-0.15, -0.1) is 0 Å². The number of alkyl halides is 3. The zero-order chi connectivity index (χ0) is 16.2. The summed E-state index contributed by atoms with van der Waals surface area (Å²) in [6.07, 6.45) is -4.56. The zero-order valence-electron chi connectivity index (χ0n) is 10.1. The van der Waals surface area contributed by atoms with Crippen LogP contribution in [0.3, 0.4) is 0 Å². The second-order valence-electron chi connectivity index (χ2n) is 3.78. The van der Waals surface area contributed by atoms with E-state index in [2.05, 4.69) is 0 Å². The second-order valence-corrected chi connectivity index (χ2v) is 3.78. The smallest absolute Gasteiger partial charge is 0.317 e. The third-order valence-electron chi connectivity index (χ3n) is 2.14. The number of carbonyl (C=O) groups excluding carboxylic acids is 1. The normalized spacial score (nSPS) is 11.3. The van der Waals surface area contributed by atoms with E-state index in [9.17, 15) is 36.9 Å². The molecule has 116 valence electrons.